The molecule has 0 bridgehead atoms. The number of nitrogens with one attached hydrogen (secondary N) is 2. The van der Waals surface area contributed by atoms with E-state index in [1.165, 1.54) is 19.1 Å². The van der Waals surface area contributed by atoms with Crippen LogP contribution in [0.25, 0.3) is 0 Å². The van der Waals surface area contributed by atoms with Crippen LogP contribution >= 0.6 is 0 Å². The van der Waals surface area contributed by atoms with Gasteiger partial charge >= 0.3 is 12.1 Å². The number of esters is 1. The highest BCUT2D eigenvalue weighted by Gasteiger charge is 2.31. The van der Waals surface area contributed by atoms with Gasteiger partial charge < -0.3 is 14.8 Å². The molecule has 1 rings (SSSR count). The number of hydrogen-bond acceptors (Lipinski definition) is 7. The second-order valence-electron chi connectivity index (χ2n) is 9.56. The van der Waals surface area contributed by atoms with E-state index in [9.17, 15) is 19.2 Å². The summed E-state index contributed by atoms with van der Waals surface area (Å²) < 4.78 is 10.2. The fraction of sp³-hybridized carbons (Fsp3) is 0.600. The highest BCUT2D eigenvalue weighted by molar-refractivity contribution is 5.97. The van der Waals surface area contributed by atoms with Gasteiger partial charge in [0.1, 0.15) is 17.7 Å². The van der Waals surface area contributed by atoms with Crippen LogP contribution in [0.4, 0.5) is 4.79 Å². The van der Waals surface area contributed by atoms with Gasteiger partial charge in [-0.1, -0.05) is 44.2 Å². The van der Waals surface area contributed by atoms with Crippen molar-refractivity contribution in [1.29, 1.82) is 0 Å². The van der Waals surface area contributed by atoms with Gasteiger partial charge in [-0.05, 0) is 39.5 Å². The molecule has 9 heteroatoms. The molecular formula is C25H39N3O6. The predicted molar refractivity (Wildman–Crippen MR) is 129 cm³/mol. The lowest BCUT2D eigenvalue weighted by atomic mass is 10.0. The summed E-state index contributed by atoms with van der Waals surface area (Å²) in [7, 11) is 2.80. The van der Waals surface area contributed by atoms with E-state index in [2.05, 4.69) is 10.6 Å². The highest BCUT2D eigenvalue weighted by Crippen LogP contribution is 2.15. The maximum absolute atomic E-state index is 12.9. The van der Waals surface area contributed by atoms with Gasteiger partial charge in [-0.3, -0.25) is 24.6 Å². The Kier molecular flexibility index (Phi) is 11.7. The lowest BCUT2D eigenvalue weighted by Gasteiger charge is -2.31. The van der Waals surface area contributed by atoms with Crippen molar-refractivity contribution >= 4 is 23.8 Å². The van der Waals surface area contributed by atoms with Crippen molar-refractivity contribution in [2.75, 3.05) is 27.2 Å². The molecule has 0 fully saturated rings. The van der Waals surface area contributed by atoms with Crippen molar-refractivity contribution in [3.05, 3.63) is 35.9 Å². The quantitative estimate of drug-likeness (QED) is 0.351. The summed E-state index contributed by atoms with van der Waals surface area (Å²) in [6.45, 7) is 9.32. The molecule has 0 saturated heterocycles. The van der Waals surface area contributed by atoms with Gasteiger partial charge in [-0.2, -0.15) is 0 Å². The van der Waals surface area contributed by atoms with Gasteiger partial charge in [0.25, 0.3) is 0 Å². The average Bonchev–Trinajstić information content (AvgIpc) is 2.77. The van der Waals surface area contributed by atoms with Crippen LogP contribution in [0, 0.1) is 5.92 Å². The summed E-state index contributed by atoms with van der Waals surface area (Å²) >= 11 is 0. The van der Waals surface area contributed by atoms with Gasteiger partial charge in [0.15, 0.2) is 5.78 Å². The number of ketones is 1. The van der Waals surface area contributed by atoms with Crippen LogP contribution in [0.15, 0.2) is 30.3 Å². The Hall–Kier alpha value is -2.94. The van der Waals surface area contributed by atoms with E-state index in [1.54, 1.807) is 45.0 Å². The molecule has 0 aromatic heterocycles. The molecule has 0 saturated carbocycles. The minimum Gasteiger partial charge on any atom is -0.468 e. The van der Waals surface area contributed by atoms with Crippen molar-refractivity contribution in [3.8, 4) is 0 Å². The van der Waals surface area contributed by atoms with E-state index in [1.807, 2.05) is 19.9 Å². The second kappa shape index (κ2) is 13.7. The number of Topliss-reactive ketones (excluding diaryl/α,β-unsaturated/α-hetero) is 1. The number of methoxy groups -OCH3 is 1. The first-order chi connectivity index (χ1) is 15.9. The summed E-state index contributed by atoms with van der Waals surface area (Å²) in [6, 6.07) is 7.26. The van der Waals surface area contributed by atoms with E-state index in [0.29, 0.717) is 12.0 Å². The third-order valence-corrected chi connectivity index (χ3v) is 4.97. The molecule has 1 aromatic rings. The molecule has 2 amide bonds. The molecule has 2 unspecified atom stereocenters. The van der Waals surface area contributed by atoms with Gasteiger partial charge in [-0.15, -0.1) is 0 Å². The minimum absolute atomic E-state index is 0.0465. The summed E-state index contributed by atoms with van der Waals surface area (Å²) in [4.78, 5) is 51.2. The first-order valence-electron chi connectivity index (χ1n) is 11.5. The smallest absolute Gasteiger partial charge is 0.410 e. The second-order valence-corrected chi connectivity index (χ2v) is 9.56. The van der Waals surface area contributed by atoms with Crippen molar-refractivity contribution in [1.82, 2.24) is 15.5 Å². The topological polar surface area (TPSA) is 114 Å². The van der Waals surface area contributed by atoms with Crippen molar-refractivity contribution in [3.63, 3.8) is 0 Å². The summed E-state index contributed by atoms with van der Waals surface area (Å²) in [5.74, 6) is -0.866. The average molecular weight is 478 g/mol. The molecule has 2 atom stereocenters. The van der Waals surface area contributed by atoms with Crippen molar-refractivity contribution in [2.24, 2.45) is 5.92 Å². The predicted octanol–water partition coefficient (Wildman–Crippen LogP) is 2.79. The maximum atomic E-state index is 12.9. The summed E-state index contributed by atoms with van der Waals surface area (Å²) in [6.07, 6.45) is 0.0819. The van der Waals surface area contributed by atoms with Gasteiger partial charge in [0.05, 0.1) is 13.7 Å². The van der Waals surface area contributed by atoms with E-state index >= 15 is 0 Å². The fourth-order valence-corrected chi connectivity index (χ4v) is 3.19. The Morgan fingerprint density at radius 3 is 2.21 bits per heavy atom. The zero-order valence-electron chi connectivity index (χ0n) is 21.3. The molecule has 0 radical (unpaired) electrons. The van der Waals surface area contributed by atoms with Crippen LogP contribution in [-0.2, 0) is 19.1 Å². The van der Waals surface area contributed by atoms with Crippen molar-refractivity contribution < 1.29 is 28.7 Å². The Morgan fingerprint density at radius 2 is 1.68 bits per heavy atom. The molecule has 0 aliphatic carbocycles. The Labute approximate surface area is 202 Å². The number of rotatable bonds is 12. The lowest BCUT2D eigenvalue weighted by Crippen LogP contribution is -2.50. The number of carbonyl (C=O) groups is 4. The van der Waals surface area contributed by atoms with Crippen LogP contribution in [0.3, 0.4) is 0 Å². The van der Waals surface area contributed by atoms with Crippen LogP contribution in [0.1, 0.15) is 57.8 Å². The standard InChI is InChI=1S/C25H39N3O6/c1-17(2)15-20(28(6)24(32)34-25(3,4)5)22(30)26-14-13-19(23(31)33-7)27-16-21(29)18-11-9-8-10-12-18/h8-12,17,19-20,27H,13-16H2,1-7H3,(H,26,30). The first-order valence-corrected chi connectivity index (χ1v) is 11.5. The van der Waals surface area contributed by atoms with Crippen LogP contribution in [0.2, 0.25) is 0 Å². The number of nitrogens with zero attached hydrogens (tertiary/aromatic N) is 1. The maximum Gasteiger partial charge on any atom is 0.410 e. The third kappa shape index (κ3) is 10.3. The lowest BCUT2D eigenvalue weighted by molar-refractivity contribution is -0.143. The van der Waals surface area contributed by atoms with Crippen LogP contribution in [0.5, 0.6) is 0 Å². The summed E-state index contributed by atoms with van der Waals surface area (Å²) in [5, 5.41) is 5.71. The van der Waals surface area contributed by atoms with E-state index in [-0.39, 0.29) is 37.1 Å². The molecule has 2 N–H and O–H groups in total. The zero-order chi connectivity index (χ0) is 25.9. The van der Waals surface area contributed by atoms with Gasteiger partial charge in [0.2, 0.25) is 5.91 Å². The Morgan fingerprint density at radius 1 is 1.06 bits per heavy atom. The molecule has 0 spiro atoms. The molecule has 34 heavy (non-hydrogen) atoms. The number of amides is 2. The summed E-state index contributed by atoms with van der Waals surface area (Å²) in [5.41, 5.74) is -0.144. The number of likely N-dealkylation sites (N-methyl/N-ethyl adjacent to an activating group) is 1. The molecule has 0 heterocycles. The van der Waals surface area contributed by atoms with Gasteiger partial charge in [0, 0.05) is 19.2 Å². The number of carbonyl (C=O) groups excluding carboxylic acids is 4. The molecule has 0 aliphatic heterocycles. The molecule has 1 aromatic carbocycles. The van der Waals surface area contributed by atoms with E-state index < -0.39 is 29.7 Å². The first kappa shape index (κ1) is 29.1. The van der Waals surface area contributed by atoms with Crippen molar-refractivity contribution in [2.45, 2.75) is 65.1 Å². The zero-order valence-corrected chi connectivity index (χ0v) is 21.3. The third-order valence-electron chi connectivity index (χ3n) is 4.97. The number of ether oxygens (including phenoxy) is 2. The van der Waals surface area contributed by atoms with E-state index in [0.717, 1.165) is 0 Å². The monoisotopic (exact) mass is 477 g/mol. The molecule has 190 valence electrons. The fourth-order valence-electron chi connectivity index (χ4n) is 3.19. The minimum atomic E-state index is -0.773. The SMILES string of the molecule is COC(=O)C(CCNC(=O)C(CC(C)C)N(C)C(=O)OC(C)(C)C)NCC(=O)c1ccccc1. The number of benzene rings is 1. The molecule has 9 nitrogen and oxygen atoms in total. The molecule has 0 aliphatic rings. The largest absolute Gasteiger partial charge is 0.468 e. The van der Waals surface area contributed by atoms with Crippen LogP contribution in [-0.4, -0.2) is 73.6 Å². The van der Waals surface area contributed by atoms with E-state index in [4.69, 9.17) is 9.47 Å². The van der Waals surface area contributed by atoms with Crippen LogP contribution < -0.4 is 10.6 Å². The molecular weight excluding hydrogens is 438 g/mol. The Bertz CT molecular complexity index is 820. The Balaban J connectivity index is 2.72. The normalized spacial score (nSPS) is 13.1. The number of hydrogen-bond donors (Lipinski definition) is 2. The van der Waals surface area contributed by atoms with Gasteiger partial charge in [-0.25, -0.2) is 4.79 Å². The highest BCUT2D eigenvalue weighted by atomic mass is 16.6.